The third kappa shape index (κ3) is 3.41. The zero-order valence-corrected chi connectivity index (χ0v) is 18.9. The standard InChI is InChI=1S/C23H21ClFN5O4/c1-34-19-13(24)3-2-4-15(19)28-18-16-20(29-17(18)12-5-7-26-9-14(12)25)23(10-27-21(16)31)6-8-30(11-23)22(32)33/h2-5,7,9,28-29H,6,8,10-11H2,1H3,(H,27,31)(H,32,33)/t23-/m0/s1. The number of halogens is 2. The minimum Gasteiger partial charge on any atom is -0.493 e. The molecule has 4 N–H and O–H groups in total. The molecule has 1 saturated heterocycles. The van der Waals surface area contributed by atoms with Gasteiger partial charge in [-0.2, -0.15) is 0 Å². The van der Waals surface area contributed by atoms with Crippen molar-refractivity contribution in [2.24, 2.45) is 0 Å². The Morgan fingerprint density at radius 1 is 1.38 bits per heavy atom. The smallest absolute Gasteiger partial charge is 0.407 e. The average Bonchev–Trinajstić information content (AvgIpc) is 3.41. The van der Waals surface area contributed by atoms with E-state index >= 15 is 0 Å². The number of benzene rings is 1. The minimum atomic E-state index is -1.02. The maximum atomic E-state index is 14.9. The maximum absolute atomic E-state index is 14.9. The van der Waals surface area contributed by atoms with E-state index in [1.54, 1.807) is 18.2 Å². The first-order valence-corrected chi connectivity index (χ1v) is 10.9. The number of H-pyrrole nitrogens is 1. The number of hydrogen-bond acceptors (Lipinski definition) is 5. The molecule has 1 atom stereocenters. The van der Waals surface area contributed by atoms with Gasteiger partial charge in [0.25, 0.3) is 5.91 Å². The van der Waals surface area contributed by atoms with Gasteiger partial charge < -0.3 is 30.4 Å². The van der Waals surface area contributed by atoms with Gasteiger partial charge in [-0.05, 0) is 24.6 Å². The third-order valence-electron chi connectivity index (χ3n) is 6.44. The van der Waals surface area contributed by atoms with Crippen LogP contribution in [0.15, 0.2) is 36.7 Å². The molecule has 0 aliphatic carbocycles. The minimum absolute atomic E-state index is 0.203. The predicted molar refractivity (Wildman–Crippen MR) is 123 cm³/mol. The van der Waals surface area contributed by atoms with Crippen LogP contribution in [0.1, 0.15) is 22.5 Å². The van der Waals surface area contributed by atoms with Crippen molar-refractivity contribution in [1.29, 1.82) is 0 Å². The van der Waals surface area contributed by atoms with Crippen molar-refractivity contribution >= 4 is 35.0 Å². The first kappa shape index (κ1) is 22.0. The predicted octanol–water partition coefficient (Wildman–Crippen LogP) is 3.99. The molecule has 0 unspecified atom stereocenters. The van der Waals surface area contributed by atoms with Gasteiger partial charge in [-0.25, -0.2) is 9.18 Å². The Labute approximate surface area is 198 Å². The van der Waals surface area contributed by atoms with Crippen LogP contribution in [0, 0.1) is 5.82 Å². The van der Waals surface area contributed by atoms with Crippen LogP contribution < -0.4 is 15.4 Å². The number of methoxy groups -OCH3 is 1. The number of likely N-dealkylation sites (tertiary alicyclic amines) is 1. The van der Waals surface area contributed by atoms with Crippen molar-refractivity contribution in [3.63, 3.8) is 0 Å². The fraction of sp³-hybridized carbons (Fsp3) is 0.261. The van der Waals surface area contributed by atoms with Crippen LogP contribution in [-0.2, 0) is 5.41 Å². The van der Waals surface area contributed by atoms with Gasteiger partial charge in [0.05, 0.1) is 41.0 Å². The molecule has 0 radical (unpaired) electrons. The van der Waals surface area contributed by atoms with Crippen molar-refractivity contribution in [3.05, 3.63) is 58.8 Å². The number of para-hydroxylation sites is 1. The Balaban J connectivity index is 1.73. The van der Waals surface area contributed by atoms with Gasteiger partial charge in [-0.1, -0.05) is 17.7 Å². The van der Waals surface area contributed by atoms with Gasteiger partial charge in [-0.15, -0.1) is 0 Å². The lowest BCUT2D eigenvalue weighted by Gasteiger charge is -2.33. The molecule has 11 heteroatoms. The molecular weight excluding hydrogens is 465 g/mol. The monoisotopic (exact) mass is 485 g/mol. The molecule has 1 spiro atoms. The molecule has 2 aromatic heterocycles. The number of aromatic nitrogens is 2. The number of anilines is 2. The molecule has 2 aliphatic heterocycles. The Hall–Kier alpha value is -3.79. The second-order valence-corrected chi connectivity index (χ2v) is 8.75. The van der Waals surface area contributed by atoms with E-state index in [0.717, 1.165) is 6.20 Å². The lowest BCUT2D eigenvalue weighted by molar-refractivity contribution is 0.0925. The first-order chi connectivity index (χ1) is 16.3. The molecule has 4 heterocycles. The van der Waals surface area contributed by atoms with Crippen molar-refractivity contribution < 1.29 is 23.8 Å². The van der Waals surface area contributed by atoms with Crippen molar-refractivity contribution in [3.8, 4) is 17.0 Å². The third-order valence-corrected chi connectivity index (χ3v) is 6.74. The number of ether oxygens (including phenoxy) is 1. The highest BCUT2D eigenvalue weighted by atomic mass is 35.5. The molecule has 2 aliphatic rings. The van der Waals surface area contributed by atoms with Crippen LogP contribution in [-0.4, -0.2) is 58.7 Å². The number of hydrogen-bond donors (Lipinski definition) is 4. The number of nitrogens with one attached hydrogen (secondary N) is 3. The Morgan fingerprint density at radius 3 is 2.91 bits per heavy atom. The highest BCUT2D eigenvalue weighted by molar-refractivity contribution is 6.32. The van der Waals surface area contributed by atoms with E-state index in [4.69, 9.17) is 16.3 Å². The van der Waals surface area contributed by atoms with Crippen LogP contribution in [0.5, 0.6) is 5.75 Å². The molecule has 1 aromatic carbocycles. The molecule has 34 heavy (non-hydrogen) atoms. The zero-order valence-electron chi connectivity index (χ0n) is 18.1. The molecule has 9 nitrogen and oxygen atoms in total. The van der Waals surface area contributed by atoms with E-state index < -0.39 is 17.3 Å². The van der Waals surface area contributed by atoms with Gasteiger partial charge in [-0.3, -0.25) is 9.78 Å². The summed E-state index contributed by atoms with van der Waals surface area (Å²) in [6, 6.07) is 6.63. The SMILES string of the molecule is COc1c(Cl)cccc1Nc1c(-c2ccncc2F)[nH]c2c1C(=O)NC[C@]21CCN(C(=O)O)C1. The summed E-state index contributed by atoms with van der Waals surface area (Å²) in [4.78, 5) is 33.2. The van der Waals surface area contributed by atoms with Gasteiger partial charge >= 0.3 is 6.09 Å². The summed E-state index contributed by atoms with van der Waals surface area (Å²) in [6.07, 6.45) is 2.03. The topological polar surface area (TPSA) is 120 Å². The van der Waals surface area contributed by atoms with Crippen LogP contribution in [0.2, 0.25) is 5.02 Å². The molecule has 3 aromatic rings. The number of aromatic amines is 1. The van der Waals surface area contributed by atoms with Gasteiger partial charge in [0.15, 0.2) is 11.6 Å². The molecule has 0 bridgehead atoms. The average molecular weight is 486 g/mol. The largest absolute Gasteiger partial charge is 0.493 e. The number of carboxylic acid groups (broad SMARTS) is 1. The van der Waals surface area contributed by atoms with Crippen LogP contribution in [0.3, 0.4) is 0 Å². The van der Waals surface area contributed by atoms with Crippen molar-refractivity contribution in [1.82, 2.24) is 20.2 Å². The number of nitrogens with zero attached hydrogens (tertiary/aromatic N) is 2. The Kier molecular flexibility index (Phi) is 5.32. The Bertz CT molecular complexity index is 1310. The summed E-state index contributed by atoms with van der Waals surface area (Å²) >= 11 is 6.29. The second kappa shape index (κ2) is 8.21. The van der Waals surface area contributed by atoms with Gasteiger partial charge in [0.2, 0.25) is 0 Å². The summed E-state index contributed by atoms with van der Waals surface area (Å²) in [5, 5.41) is 16.0. The van der Waals surface area contributed by atoms with E-state index in [2.05, 4.69) is 20.6 Å². The van der Waals surface area contributed by atoms with Crippen LogP contribution in [0.4, 0.5) is 20.6 Å². The quantitative estimate of drug-likeness (QED) is 0.443. The first-order valence-electron chi connectivity index (χ1n) is 10.6. The summed E-state index contributed by atoms with van der Waals surface area (Å²) < 4.78 is 20.3. The molecule has 0 saturated carbocycles. The maximum Gasteiger partial charge on any atom is 0.407 e. The van der Waals surface area contributed by atoms with Gasteiger partial charge in [0, 0.05) is 42.5 Å². The lowest BCUT2D eigenvalue weighted by Crippen LogP contribution is -2.48. The van der Waals surface area contributed by atoms with Crippen molar-refractivity contribution in [2.75, 3.05) is 32.1 Å². The molecule has 1 fully saturated rings. The number of amides is 2. The summed E-state index contributed by atoms with van der Waals surface area (Å²) in [6.45, 7) is 0.795. The zero-order chi connectivity index (χ0) is 24.0. The lowest BCUT2D eigenvalue weighted by atomic mass is 9.79. The number of rotatable bonds is 4. The van der Waals surface area contributed by atoms with Crippen LogP contribution >= 0.6 is 11.6 Å². The highest BCUT2D eigenvalue weighted by Crippen LogP contribution is 2.46. The normalized spacial score (nSPS) is 19.1. The van der Waals surface area contributed by atoms with E-state index in [0.29, 0.717) is 52.1 Å². The summed E-state index contributed by atoms with van der Waals surface area (Å²) in [7, 11) is 1.48. The number of carbonyl (C=O) groups excluding carboxylic acids is 1. The molecular formula is C23H21ClFN5O4. The second-order valence-electron chi connectivity index (χ2n) is 8.34. The van der Waals surface area contributed by atoms with E-state index in [1.807, 2.05) is 0 Å². The fourth-order valence-electron chi connectivity index (χ4n) is 4.79. The molecule has 176 valence electrons. The summed E-state index contributed by atoms with van der Waals surface area (Å²) in [5.41, 5.74) is 1.57. The van der Waals surface area contributed by atoms with Gasteiger partial charge in [0.1, 0.15) is 0 Å². The number of fused-ring (bicyclic) bond motifs is 2. The molecule has 2 amide bonds. The number of pyridine rings is 1. The molecule has 5 rings (SSSR count). The Morgan fingerprint density at radius 2 is 2.21 bits per heavy atom. The van der Waals surface area contributed by atoms with E-state index in [9.17, 15) is 19.1 Å². The van der Waals surface area contributed by atoms with Crippen LogP contribution in [0.25, 0.3) is 11.3 Å². The van der Waals surface area contributed by atoms with Crippen molar-refractivity contribution in [2.45, 2.75) is 11.8 Å². The van der Waals surface area contributed by atoms with E-state index in [-0.39, 0.29) is 24.6 Å². The summed E-state index contributed by atoms with van der Waals surface area (Å²) in [5.74, 6) is -0.561. The van der Waals surface area contributed by atoms with E-state index in [1.165, 1.54) is 24.3 Å². The highest BCUT2D eigenvalue weighted by Gasteiger charge is 2.49. The fourth-order valence-corrected chi connectivity index (χ4v) is 5.04. The number of carbonyl (C=O) groups is 2.